The number of halogens is 2. The third-order valence-electron chi connectivity index (χ3n) is 6.72. The first-order valence-electron chi connectivity index (χ1n) is 11.9. The van der Waals surface area contributed by atoms with Crippen molar-refractivity contribution in [3.8, 4) is 0 Å². The zero-order valence-electron chi connectivity index (χ0n) is 20.4. The van der Waals surface area contributed by atoms with Crippen LogP contribution in [0.5, 0.6) is 0 Å². The summed E-state index contributed by atoms with van der Waals surface area (Å²) in [6.45, 7) is 7.06. The van der Waals surface area contributed by atoms with Crippen LogP contribution >= 0.6 is 35.0 Å². The molecule has 2 amide bonds. The van der Waals surface area contributed by atoms with E-state index in [1.54, 1.807) is 30.0 Å². The molecule has 3 aromatic rings. The summed E-state index contributed by atoms with van der Waals surface area (Å²) in [4.78, 5) is 39.5. The average Bonchev–Trinajstić information content (AvgIpc) is 2.90. The topological polar surface area (TPSA) is 81.7 Å². The zero-order chi connectivity index (χ0) is 26.1. The minimum Gasteiger partial charge on any atom is -0.340 e. The molecule has 1 atom stereocenters. The molecule has 2 aliphatic rings. The number of thioether (sulfide) groups is 1. The van der Waals surface area contributed by atoms with Crippen molar-refractivity contribution in [3.63, 3.8) is 0 Å². The van der Waals surface area contributed by atoms with Crippen molar-refractivity contribution >= 4 is 64.1 Å². The van der Waals surface area contributed by atoms with Gasteiger partial charge in [-0.05, 0) is 36.8 Å². The molecule has 2 aromatic carbocycles. The quantitative estimate of drug-likeness (QED) is 0.417. The zero-order valence-corrected chi connectivity index (χ0v) is 22.8. The van der Waals surface area contributed by atoms with Gasteiger partial charge in [0, 0.05) is 51.0 Å². The number of amides is 2. The first-order valence-corrected chi connectivity index (χ1v) is 13.7. The summed E-state index contributed by atoms with van der Waals surface area (Å²) in [5.41, 5.74) is 2.96. The van der Waals surface area contributed by atoms with E-state index >= 15 is 0 Å². The van der Waals surface area contributed by atoms with Crippen molar-refractivity contribution in [2.75, 3.05) is 42.3 Å². The number of carbonyl (C=O) groups is 2. The fourth-order valence-corrected chi connectivity index (χ4v) is 6.08. The highest BCUT2D eigenvalue weighted by atomic mass is 35.5. The molecule has 0 spiro atoms. The van der Waals surface area contributed by atoms with Crippen LogP contribution in [-0.2, 0) is 4.79 Å². The van der Waals surface area contributed by atoms with Gasteiger partial charge in [0.1, 0.15) is 5.03 Å². The summed E-state index contributed by atoms with van der Waals surface area (Å²) in [5, 5.41) is 4.68. The molecule has 1 aromatic heterocycles. The summed E-state index contributed by atoms with van der Waals surface area (Å²) in [6.07, 6.45) is 1.54. The van der Waals surface area contributed by atoms with E-state index in [-0.39, 0.29) is 17.9 Å². The Balaban J connectivity index is 1.25. The molecule has 2 aliphatic heterocycles. The van der Waals surface area contributed by atoms with Crippen LogP contribution in [0.25, 0.3) is 0 Å². The molecule has 37 heavy (non-hydrogen) atoms. The van der Waals surface area contributed by atoms with Gasteiger partial charge < -0.3 is 10.2 Å². The summed E-state index contributed by atoms with van der Waals surface area (Å²) >= 11 is 14.1. The third-order valence-corrected chi connectivity index (χ3v) is 8.31. The maximum Gasteiger partial charge on any atom is 0.263 e. The molecule has 5 rings (SSSR count). The van der Waals surface area contributed by atoms with Gasteiger partial charge >= 0.3 is 0 Å². The maximum atomic E-state index is 13.1. The van der Waals surface area contributed by atoms with Crippen molar-refractivity contribution in [2.45, 2.75) is 24.9 Å². The molecule has 1 unspecified atom stereocenters. The minimum atomic E-state index is -0.238. The summed E-state index contributed by atoms with van der Waals surface area (Å²) in [6, 6.07) is 13.6. The summed E-state index contributed by atoms with van der Waals surface area (Å²) < 4.78 is 0. The number of carbonyl (C=O) groups excluding carboxylic acids is 2. The monoisotopic (exact) mass is 556 g/mol. The molecule has 0 radical (unpaired) electrons. The van der Waals surface area contributed by atoms with Crippen molar-refractivity contribution in [3.05, 3.63) is 69.8 Å². The molecule has 11 heteroatoms. The molecule has 8 nitrogen and oxygen atoms in total. The van der Waals surface area contributed by atoms with Crippen LogP contribution in [0.3, 0.4) is 0 Å². The van der Waals surface area contributed by atoms with Gasteiger partial charge in [-0.15, -0.1) is 0 Å². The minimum absolute atomic E-state index is 0.136. The van der Waals surface area contributed by atoms with Crippen LogP contribution in [0.4, 0.5) is 17.3 Å². The van der Waals surface area contributed by atoms with Gasteiger partial charge in [0.05, 0.1) is 27.2 Å². The first kappa shape index (κ1) is 25.8. The lowest BCUT2D eigenvalue weighted by Gasteiger charge is -2.37. The highest BCUT2D eigenvalue weighted by Gasteiger charge is 2.30. The SMILES string of the molecule is CC(=O)N1CCN(C(C)c2ccc(Nc3ncc4c(n3)SCN(c3c(Cl)cccc3Cl)C4=O)cc2)CC1. The van der Waals surface area contributed by atoms with E-state index in [4.69, 9.17) is 23.2 Å². The number of fused-ring (bicyclic) bond motifs is 1. The van der Waals surface area contributed by atoms with E-state index in [9.17, 15) is 9.59 Å². The second-order valence-electron chi connectivity index (χ2n) is 8.95. The molecule has 0 aliphatic carbocycles. The number of hydrogen-bond donors (Lipinski definition) is 1. The number of nitrogens with zero attached hydrogens (tertiary/aromatic N) is 5. The molecule has 3 heterocycles. The Kier molecular flexibility index (Phi) is 7.57. The predicted molar refractivity (Wildman–Crippen MR) is 148 cm³/mol. The van der Waals surface area contributed by atoms with Gasteiger partial charge in [-0.2, -0.15) is 0 Å². The number of benzene rings is 2. The highest BCUT2D eigenvalue weighted by molar-refractivity contribution is 7.99. The Labute approximate surface area is 230 Å². The van der Waals surface area contributed by atoms with Crippen LogP contribution in [0.2, 0.25) is 10.0 Å². The molecule has 1 fully saturated rings. The van der Waals surface area contributed by atoms with Crippen molar-refractivity contribution < 1.29 is 9.59 Å². The Morgan fingerprint density at radius 2 is 1.73 bits per heavy atom. The van der Waals surface area contributed by atoms with Gasteiger partial charge in [-0.1, -0.05) is 53.2 Å². The van der Waals surface area contributed by atoms with Crippen LogP contribution in [0, 0.1) is 0 Å². The van der Waals surface area contributed by atoms with Gasteiger partial charge in [-0.3, -0.25) is 19.4 Å². The van der Waals surface area contributed by atoms with E-state index < -0.39 is 0 Å². The second kappa shape index (κ2) is 10.9. The van der Waals surface area contributed by atoms with Crippen LogP contribution in [-0.4, -0.2) is 63.6 Å². The Hall–Kier alpha value is -2.85. The average molecular weight is 558 g/mol. The van der Waals surface area contributed by atoms with E-state index in [1.807, 2.05) is 17.0 Å². The van der Waals surface area contributed by atoms with Crippen molar-refractivity contribution in [1.29, 1.82) is 0 Å². The van der Waals surface area contributed by atoms with Crippen molar-refractivity contribution in [1.82, 2.24) is 19.8 Å². The number of hydrogen-bond acceptors (Lipinski definition) is 7. The Morgan fingerprint density at radius 3 is 2.38 bits per heavy atom. The highest BCUT2D eigenvalue weighted by Crippen LogP contribution is 2.39. The number of piperazine rings is 1. The van der Waals surface area contributed by atoms with E-state index in [2.05, 4.69) is 39.2 Å². The predicted octanol–water partition coefficient (Wildman–Crippen LogP) is 5.46. The number of para-hydroxylation sites is 1. The lowest BCUT2D eigenvalue weighted by molar-refractivity contribution is -0.130. The fraction of sp³-hybridized carbons (Fsp3) is 0.308. The van der Waals surface area contributed by atoms with Crippen LogP contribution in [0.15, 0.2) is 53.7 Å². The molecule has 0 bridgehead atoms. The largest absolute Gasteiger partial charge is 0.340 e. The summed E-state index contributed by atoms with van der Waals surface area (Å²) in [7, 11) is 0. The smallest absolute Gasteiger partial charge is 0.263 e. The normalized spacial score (nSPS) is 16.9. The standard InChI is InChI=1S/C26H26Cl2N6O2S/c1-16(32-10-12-33(13-11-32)17(2)35)18-6-8-19(9-7-18)30-26-29-14-20-24(31-26)37-15-34(25(20)36)23-21(27)4-3-5-22(23)28/h3-9,14,16H,10-13,15H2,1-2H3,(H,29,30,31). The summed E-state index contributed by atoms with van der Waals surface area (Å²) in [5.74, 6) is 0.665. The second-order valence-corrected chi connectivity index (χ2v) is 10.7. The molecular weight excluding hydrogens is 531 g/mol. The maximum absolute atomic E-state index is 13.1. The molecule has 0 saturated carbocycles. The third kappa shape index (κ3) is 5.40. The van der Waals surface area contributed by atoms with Gasteiger partial charge in [0.25, 0.3) is 5.91 Å². The van der Waals surface area contributed by atoms with Gasteiger partial charge in [0.2, 0.25) is 11.9 Å². The van der Waals surface area contributed by atoms with Crippen molar-refractivity contribution in [2.24, 2.45) is 0 Å². The number of nitrogens with one attached hydrogen (secondary N) is 1. The van der Waals surface area contributed by atoms with E-state index in [0.717, 1.165) is 31.9 Å². The van der Waals surface area contributed by atoms with Gasteiger partial charge in [-0.25, -0.2) is 9.97 Å². The molecule has 192 valence electrons. The lowest BCUT2D eigenvalue weighted by Crippen LogP contribution is -2.48. The number of rotatable bonds is 5. The Morgan fingerprint density at radius 1 is 1.05 bits per heavy atom. The molecular formula is C26H26Cl2N6O2S. The first-order chi connectivity index (χ1) is 17.8. The van der Waals surface area contributed by atoms with E-state index in [1.165, 1.54) is 23.5 Å². The number of aromatic nitrogens is 2. The van der Waals surface area contributed by atoms with Crippen LogP contribution in [0.1, 0.15) is 35.8 Å². The van der Waals surface area contributed by atoms with Crippen LogP contribution < -0.4 is 10.2 Å². The van der Waals surface area contributed by atoms with Gasteiger partial charge in [0.15, 0.2) is 0 Å². The lowest BCUT2D eigenvalue weighted by atomic mass is 10.1. The molecule has 1 N–H and O–H groups in total. The fourth-order valence-electron chi connectivity index (χ4n) is 4.53. The van der Waals surface area contributed by atoms with E-state index in [0.29, 0.717) is 38.1 Å². The molecule has 1 saturated heterocycles. The number of anilines is 3. The Bertz CT molecular complexity index is 1310.